The van der Waals surface area contributed by atoms with Crippen LogP contribution < -0.4 is 10.6 Å². The average Bonchev–Trinajstić information content (AvgIpc) is 2.78. The minimum absolute atomic E-state index is 0.0202. The number of nitrogens with one attached hydrogen (secondary N) is 2. The molecule has 19 heavy (non-hydrogen) atoms. The third kappa shape index (κ3) is 2.87. The van der Waals surface area contributed by atoms with Crippen molar-refractivity contribution in [2.24, 2.45) is 5.92 Å². The molecular formula is C12H13N3O4. The quantitative estimate of drug-likeness (QED) is 0.626. The van der Waals surface area contributed by atoms with Crippen molar-refractivity contribution in [2.45, 2.75) is 13.3 Å². The fraction of sp³-hybridized carbons (Fsp3) is 0.333. The molecule has 1 atom stereocenters. The zero-order valence-electron chi connectivity index (χ0n) is 10.3. The Morgan fingerprint density at radius 1 is 1.53 bits per heavy atom. The highest BCUT2D eigenvalue weighted by atomic mass is 16.6. The lowest BCUT2D eigenvalue weighted by atomic mass is 10.1. The highest BCUT2D eigenvalue weighted by Gasteiger charge is 2.28. The van der Waals surface area contributed by atoms with Crippen LogP contribution in [0.5, 0.6) is 0 Å². The molecule has 0 bridgehead atoms. The molecule has 1 aromatic rings. The lowest BCUT2D eigenvalue weighted by Crippen LogP contribution is -2.25. The number of rotatable bonds is 3. The van der Waals surface area contributed by atoms with E-state index in [1.807, 2.05) is 0 Å². The lowest BCUT2D eigenvalue weighted by molar-refractivity contribution is -0.384. The summed E-state index contributed by atoms with van der Waals surface area (Å²) in [6.07, 6.45) is 0.178. The van der Waals surface area contributed by atoms with Gasteiger partial charge in [-0.05, 0) is 18.6 Å². The van der Waals surface area contributed by atoms with Crippen LogP contribution in [0, 0.1) is 23.0 Å². The van der Waals surface area contributed by atoms with Gasteiger partial charge >= 0.3 is 0 Å². The molecule has 1 heterocycles. The molecule has 0 radical (unpaired) electrons. The highest BCUT2D eigenvalue weighted by Crippen LogP contribution is 2.22. The van der Waals surface area contributed by atoms with Gasteiger partial charge in [-0.25, -0.2) is 0 Å². The van der Waals surface area contributed by atoms with E-state index < -0.39 is 4.92 Å². The van der Waals surface area contributed by atoms with Crippen molar-refractivity contribution in [3.63, 3.8) is 0 Å². The first kappa shape index (κ1) is 13.0. The first-order valence-electron chi connectivity index (χ1n) is 5.80. The molecule has 1 aliphatic heterocycles. The van der Waals surface area contributed by atoms with E-state index in [2.05, 4.69) is 10.6 Å². The van der Waals surface area contributed by atoms with Crippen LogP contribution in [-0.4, -0.2) is 23.3 Å². The topological polar surface area (TPSA) is 101 Å². The van der Waals surface area contributed by atoms with Crippen LogP contribution in [0.1, 0.15) is 12.0 Å². The van der Waals surface area contributed by atoms with Gasteiger partial charge in [-0.2, -0.15) is 0 Å². The molecule has 0 saturated carbocycles. The number of carbonyl (C=O) groups is 2. The van der Waals surface area contributed by atoms with E-state index in [1.165, 1.54) is 18.2 Å². The van der Waals surface area contributed by atoms with Gasteiger partial charge in [0.15, 0.2) is 0 Å². The van der Waals surface area contributed by atoms with E-state index in [1.54, 1.807) is 6.92 Å². The van der Waals surface area contributed by atoms with Crippen LogP contribution in [0.25, 0.3) is 0 Å². The second kappa shape index (κ2) is 5.05. The molecule has 2 rings (SSSR count). The van der Waals surface area contributed by atoms with Crippen LogP contribution in [0.4, 0.5) is 11.4 Å². The summed E-state index contributed by atoms with van der Waals surface area (Å²) in [5.74, 6) is -0.780. The predicted molar refractivity (Wildman–Crippen MR) is 67.6 cm³/mol. The molecule has 7 heteroatoms. The standard InChI is InChI=1S/C12H13N3O4/c1-7-4-9(15(18)19)2-3-10(7)14-12(17)8-5-11(16)13-6-8/h2-4,8H,5-6H2,1H3,(H,13,16)(H,14,17). The van der Waals surface area contributed by atoms with Gasteiger partial charge in [0.2, 0.25) is 11.8 Å². The van der Waals surface area contributed by atoms with Crippen molar-refractivity contribution in [3.05, 3.63) is 33.9 Å². The van der Waals surface area contributed by atoms with Crippen molar-refractivity contribution in [1.82, 2.24) is 5.32 Å². The van der Waals surface area contributed by atoms with E-state index in [9.17, 15) is 19.7 Å². The molecule has 1 aliphatic rings. The van der Waals surface area contributed by atoms with E-state index in [0.717, 1.165) is 0 Å². The van der Waals surface area contributed by atoms with Gasteiger partial charge in [0, 0.05) is 30.8 Å². The molecule has 2 amide bonds. The molecule has 7 nitrogen and oxygen atoms in total. The van der Waals surface area contributed by atoms with E-state index in [0.29, 0.717) is 17.8 Å². The number of nitrogens with zero attached hydrogens (tertiary/aromatic N) is 1. The normalized spacial score (nSPS) is 17.9. The van der Waals surface area contributed by atoms with Crippen molar-refractivity contribution in [2.75, 3.05) is 11.9 Å². The molecule has 1 unspecified atom stereocenters. The predicted octanol–water partition coefficient (Wildman–Crippen LogP) is 0.978. The molecule has 100 valence electrons. The summed E-state index contributed by atoms with van der Waals surface area (Å²) in [6, 6.07) is 4.23. The van der Waals surface area contributed by atoms with E-state index >= 15 is 0 Å². The van der Waals surface area contributed by atoms with Gasteiger partial charge < -0.3 is 10.6 Å². The minimum atomic E-state index is -0.488. The Bertz CT molecular complexity index is 556. The van der Waals surface area contributed by atoms with Crippen molar-refractivity contribution in [1.29, 1.82) is 0 Å². The summed E-state index contributed by atoms with van der Waals surface area (Å²) in [6.45, 7) is 2.01. The second-order valence-corrected chi connectivity index (χ2v) is 4.45. The van der Waals surface area contributed by atoms with Crippen molar-refractivity contribution < 1.29 is 14.5 Å². The van der Waals surface area contributed by atoms with Crippen LogP contribution in [0.2, 0.25) is 0 Å². The number of carbonyl (C=O) groups excluding carboxylic acids is 2. The van der Waals surface area contributed by atoms with Gasteiger partial charge in [0.25, 0.3) is 5.69 Å². The first-order chi connectivity index (χ1) is 8.97. The number of nitro groups is 1. The molecule has 0 spiro atoms. The smallest absolute Gasteiger partial charge is 0.269 e. The summed E-state index contributed by atoms with van der Waals surface area (Å²) in [4.78, 5) is 33.0. The Balaban J connectivity index is 2.09. The van der Waals surface area contributed by atoms with Crippen molar-refractivity contribution >= 4 is 23.2 Å². The number of anilines is 1. The summed E-state index contributed by atoms with van der Waals surface area (Å²) in [5, 5.41) is 15.9. The van der Waals surface area contributed by atoms with Gasteiger partial charge in [0.05, 0.1) is 10.8 Å². The number of hydrogen-bond donors (Lipinski definition) is 2. The number of nitro benzene ring substituents is 1. The minimum Gasteiger partial charge on any atom is -0.355 e. The largest absolute Gasteiger partial charge is 0.355 e. The molecule has 1 aromatic carbocycles. The van der Waals surface area contributed by atoms with Crippen LogP contribution in [0.3, 0.4) is 0 Å². The molecule has 0 aromatic heterocycles. The molecule has 2 N–H and O–H groups in total. The summed E-state index contributed by atoms with van der Waals surface area (Å²) in [7, 11) is 0. The Morgan fingerprint density at radius 3 is 2.79 bits per heavy atom. The third-order valence-corrected chi connectivity index (χ3v) is 3.03. The summed E-state index contributed by atoms with van der Waals surface area (Å²) in [5.41, 5.74) is 1.11. The third-order valence-electron chi connectivity index (χ3n) is 3.03. The average molecular weight is 263 g/mol. The number of benzene rings is 1. The van der Waals surface area contributed by atoms with Crippen LogP contribution in [-0.2, 0) is 9.59 Å². The molecule has 1 saturated heterocycles. The fourth-order valence-corrected chi connectivity index (χ4v) is 1.93. The van der Waals surface area contributed by atoms with E-state index in [-0.39, 0.29) is 29.8 Å². The van der Waals surface area contributed by atoms with Gasteiger partial charge in [-0.3, -0.25) is 19.7 Å². The zero-order chi connectivity index (χ0) is 14.0. The first-order valence-corrected chi connectivity index (χ1v) is 5.80. The fourth-order valence-electron chi connectivity index (χ4n) is 1.93. The molecule has 0 aliphatic carbocycles. The summed E-state index contributed by atoms with van der Waals surface area (Å²) >= 11 is 0. The van der Waals surface area contributed by atoms with Gasteiger partial charge in [-0.15, -0.1) is 0 Å². The molecular weight excluding hydrogens is 250 g/mol. The Labute approximate surface area is 109 Å². The van der Waals surface area contributed by atoms with E-state index in [4.69, 9.17) is 0 Å². The van der Waals surface area contributed by atoms with Gasteiger partial charge in [0.1, 0.15) is 0 Å². The Morgan fingerprint density at radius 2 is 2.26 bits per heavy atom. The number of non-ortho nitro benzene ring substituents is 1. The zero-order valence-corrected chi connectivity index (χ0v) is 10.3. The molecule has 1 fully saturated rings. The maximum Gasteiger partial charge on any atom is 0.269 e. The summed E-state index contributed by atoms with van der Waals surface area (Å²) < 4.78 is 0. The number of hydrogen-bond acceptors (Lipinski definition) is 4. The number of aryl methyl sites for hydroxylation is 1. The monoisotopic (exact) mass is 263 g/mol. The SMILES string of the molecule is Cc1cc([N+](=O)[O-])ccc1NC(=O)C1CNC(=O)C1. The van der Waals surface area contributed by atoms with Crippen molar-refractivity contribution in [3.8, 4) is 0 Å². The Hall–Kier alpha value is -2.44. The lowest BCUT2D eigenvalue weighted by Gasteiger charge is -2.11. The van der Waals surface area contributed by atoms with Crippen LogP contribution in [0.15, 0.2) is 18.2 Å². The second-order valence-electron chi connectivity index (χ2n) is 4.45. The van der Waals surface area contributed by atoms with Gasteiger partial charge in [-0.1, -0.05) is 0 Å². The highest BCUT2D eigenvalue weighted by molar-refractivity contribution is 5.97. The maximum atomic E-state index is 11.9. The number of amides is 2. The Kier molecular flexibility index (Phi) is 3.46. The maximum absolute atomic E-state index is 11.9. The van der Waals surface area contributed by atoms with Crippen LogP contribution >= 0.6 is 0 Å².